The quantitative estimate of drug-likeness (QED) is 0.872. The van der Waals surface area contributed by atoms with Crippen molar-refractivity contribution in [3.05, 3.63) is 59.2 Å². The van der Waals surface area contributed by atoms with Crippen LogP contribution in [0.5, 0.6) is 0 Å². The van der Waals surface area contributed by atoms with Gasteiger partial charge in [0.25, 0.3) is 5.91 Å². The van der Waals surface area contributed by atoms with Crippen LogP contribution in [0.1, 0.15) is 27.9 Å². The van der Waals surface area contributed by atoms with Crippen LogP contribution in [0.3, 0.4) is 0 Å². The first-order valence-electron chi connectivity index (χ1n) is 6.98. The van der Waals surface area contributed by atoms with Gasteiger partial charge in [0.2, 0.25) is 0 Å². The van der Waals surface area contributed by atoms with Crippen molar-refractivity contribution in [2.24, 2.45) is 0 Å². The first-order valence-corrected chi connectivity index (χ1v) is 6.98. The Hall–Kier alpha value is -2.29. The highest BCUT2D eigenvalue weighted by Crippen LogP contribution is 2.29. The summed E-state index contributed by atoms with van der Waals surface area (Å²) in [4.78, 5) is 12.3. The van der Waals surface area contributed by atoms with E-state index < -0.39 is 0 Å². The lowest BCUT2D eigenvalue weighted by atomic mass is 10.0. The number of fused-ring (bicyclic) bond motifs is 1. The first-order chi connectivity index (χ1) is 9.74. The normalized spacial score (nSPS) is 13.2. The summed E-state index contributed by atoms with van der Waals surface area (Å²) in [6.07, 6.45) is 2.11. The van der Waals surface area contributed by atoms with E-state index in [9.17, 15) is 4.79 Å². The second kappa shape index (κ2) is 5.37. The van der Waals surface area contributed by atoms with E-state index >= 15 is 0 Å². The molecule has 0 atom stereocenters. The Balaban J connectivity index is 1.84. The average Bonchev–Trinajstić information content (AvgIpc) is 2.48. The van der Waals surface area contributed by atoms with E-state index in [2.05, 4.69) is 16.7 Å². The molecular weight excluding hydrogens is 248 g/mol. The largest absolute Gasteiger partial charge is 0.385 e. The van der Waals surface area contributed by atoms with Gasteiger partial charge in [0.15, 0.2) is 0 Å². The van der Waals surface area contributed by atoms with Crippen molar-refractivity contribution < 1.29 is 4.79 Å². The van der Waals surface area contributed by atoms with Crippen molar-refractivity contribution in [3.8, 4) is 0 Å². The molecule has 0 bridgehead atoms. The molecule has 0 spiro atoms. The molecule has 3 heteroatoms. The molecule has 0 radical (unpaired) electrons. The predicted octanol–water partition coefficient (Wildman–Crippen LogP) is 3.61. The molecule has 0 saturated heterocycles. The van der Waals surface area contributed by atoms with Gasteiger partial charge < -0.3 is 10.6 Å². The molecule has 0 unspecified atom stereocenters. The summed E-state index contributed by atoms with van der Waals surface area (Å²) in [6.45, 7) is 3.02. The van der Waals surface area contributed by atoms with Crippen molar-refractivity contribution in [1.29, 1.82) is 0 Å². The molecule has 1 amide bonds. The maximum Gasteiger partial charge on any atom is 0.255 e. The highest BCUT2D eigenvalue weighted by molar-refractivity contribution is 6.05. The number of benzene rings is 2. The Morgan fingerprint density at radius 2 is 1.95 bits per heavy atom. The van der Waals surface area contributed by atoms with E-state index in [0.29, 0.717) is 5.56 Å². The number of hydrogen-bond donors (Lipinski definition) is 2. The number of anilines is 2. The number of hydrogen-bond acceptors (Lipinski definition) is 2. The van der Waals surface area contributed by atoms with E-state index in [4.69, 9.17) is 0 Å². The molecule has 2 N–H and O–H groups in total. The maximum absolute atomic E-state index is 12.3. The monoisotopic (exact) mass is 266 g/mol. The van der Waals surface area contributed by atoms with Gasteiger partial charge in [-0.05, 0) is 49.6 Å². The van der Waals surface area contributed by atoms with Gasteiger partial charge in [-0.3, -0.25) is 4.79 Å². The molecule has 102 valence electrons. The summed E-state index contributed by atoms with van der Waals surface area (Å²) < 4.78 is 0. The van der Waals surface area contributed by atoms with Gasteiger partial charge in [0.05, 0.1) is 0 Å². The number of carbonyl (C=O) groups is 1. The number of aryl methyl sites for hydroxylation is 1. The molecule has 3 rings (SSSR count). The third-order valence-corrected chi connectivity index (χ3v) is 3.66. The minimum absolute atomic E-state index is 0.0519. The lowest BCUT2D eigenvalue weighted by Crippen LogP contribution is -2.17. The van der Waals surface area contributed by atoms with E-state index in [1.54, 1.807) is 0 Å². The van der Waals surface area contributed by atoms with Gasteiger partial charge in [-0.2, -0.15) is 0 Å². The second-order valence-corrected chi connectivity index (χ2v) is 5.18. The molecular formula is C17H18N2O. The highest BCUT2D eigenvalue weighted by atomic mass is 16.1. The van der Waals surface area contributed by atoms with Crippen LogP contribution in [-0.4, -0.2) is 12.5 Å². The molecule has 2 aromatic rings. The molecule has 3 nitrogen and oxygen atoms in total. The number of rotatable bonds is 2. The molecule has 1 aliphatic rings. The molecule has 1 aliphatic heterocycles. The second-order valence-electron chi connectivity index (χ2n) is 5.18. The Morgan fingerprint density at radius 3 is 2.75 bits per heavy atom. The zero-order valence-corrected chi connectivity index (χ0v) is 11.6. The number of amides is 1. The van der Waals surface area contributed by atoms with Crippen LogP contribution in [0.25, 0.3) is 0 Å². The van der Waals surface area contributed by atoms with Crippen LogP contribution >= 0.6 is 0 Å². The topological polar surface area (TPSA) is 41.1 Å². The first kappa shape index (κ1) is 12.7. The van der Waals surface area contributed by atoms with Crippen molar-refractivity contribution in [2.75, 3.05) is 17.2 Å². The summed E-state index contributed by atoms with van der Waals surface area (Å²) in [5, 5.41) is 6.40. The zero-order valence-electron chi connectivity index (χ0n) is 11.6. The van der Waals surface area contributed by atoms with E-state index in [0.717, 1.165) is 36.3 Å². The molecule has 20 heavy (non-hydrogen) atoms. The van der Waals surface area contributed by atoms with Gasteiger partial charge in [0.1, 0.15) is 0 Å². The van der Waals surface area contributed by atoms with Crippen LogP contribution in [0.15, 0.2) is 42.5 Å². The van der Waals surface area contributed by atoms with Gasteiger partial charge in [-0.15, -0.1) is 0 Å². The molecule has 1 heterocycles. The SMILES string of the molecule is Cc1ccc(C(=O)Nc2cccc3c2CCCN3)cc1. The Morgan fingerprint density at radius 1 is 1.15 bits per heavy atom. The molecule has 0 fully saturated rings. The van der Waals surface area contributed by atoms with Gasteiger partial charge in [0, 0.05) is 23.5 Å². The van der Waals surface area contributed by atoms with Gasteiger partial charge in [-0.25, -0.2) is 0 Å². The van der Waals surface area contributed by atoms with E-state index in [1.807, 2.05) is 43.3 Å². The summed E-state index contributed by atoms with van der Waals surface area (Å²) in [7, 11) is 0. The molecule has 0 aromatic heterocycles. The highest BCUT2D eigenvalue weighted by Gasteiger charge is 2.14. The molecule has 2 aromatic carbocycles. The summed E-state index contributed by atoms with van der Waals surface area (Å²) in [5.74, 6) is -0.0519. The smallest absolute Gasteiger partial charge is 0.255 e. The van der Waals surface area contributed by atoms with Crippen LogP contribution in [-0.2, 0) is 6.42 Å². The lowest BCUT2D eigenvalue weighted by molar-refractivity contribution is 0.102. The minimum atomic E-state index is -0.0519. The Kier molecular flexibility index (Phi) is 3.42. The van der Waals surface area contributed by atoms with Crippen LogP contribution in [0.4, 0.5) is 11.4 Å². The van der Waals surface area contributed by atoms with Crippen molar-refractivity contribution in [3.63, 3.8) is 0 Å². The van der Waals surface area contributed by atoms with Crippen molar-refractivity contribution in [1.82, 2.24) is 0 Å². The predicted molar refractivity (Wildman–Crippen MR) is 82.4 cm³/mol. The fourth-order valence-corrected chi connectivity index (χ4v) is 2.53. The fourth-order valence-electron chi connectivity index (χ4n) is 2.53. The van der Waals surface area contributed by atoms with E-state index in [1.165, 1.54) is 5.56 Å². The molecule has 0 saturated carbocycles. The lowest BCUT2D eigenvalue weighted by Gasteiger charge is -2.21. The van der Waals surface area contributed by atoms with Crippen LogP contribution in [0, 0.1) is 6.92 Å². The van der Waals surface area contributed by atoms with Crippen LogP contribution < -0.4 is 10.6 Å². The Labute approximate surface area is 119 Å². The Bertz CT molecular complexity index is 632. The van der Waals surface area contributed by atoms with Gasteiger partial charge >= 0.3 is 0 Å². The number of carbonyl (C=O) groups excluding carboxylic acids is 1. The zero-order chi connectivity index (χ0) is 13.9. The van der Waals surface area contributed by atoms with Crippen LogP contribution in [0.2, 0.25) is 0 Å². The van der Waals surface area contributed by atoms with E-state index in [-0.39, 0.29) is 5.91 Å². The summed E-state index contributed by atoms with van der Waals surface area (Å²) in [6, 6.07) is 13.6. The molecule has 0 aliphatic carbocycles. The number of nitrogens with one attached hydrogen (secondary N) is 2. The maximum atomic E-state index is 12.3. The van der Waals surface area contributed by atoms with Crippen molar-refractivity contribution >= 4 is 17.3 Å². The fraction of sp³-hybridized carbons (Fsp3) is 0.235. The van der Waals surface area contributed by atoms with Gasteiger partial charge in [-0.1, -0.05) is 23.8 Å². The average molecular weight is 266 g/mol. The standard InChI is InChI=1S/C17H18N2O/c1-12-7-9-13(10-8-12)17(20)19-16-6-2-5-15-14(16)4-3-11-18-15/h2,5-10,18H,3-4,11H2,1H3,(H,19,20). The third kappa shape index (κ3) is 2.52. The summed E-state index contributed by atoms with van der Waals surface area (Å²) in [5.41, 5.74) is 5.11. The van der Waals surface area contributed by atoms with Crippen molar-refractivity contribution in [2.45, 2.75) is 19.8 Å². The third-order valence-electron chi connectivity index (χ3n) is 3.66. The minimum Gasteiger partial charge on any atom is -0.385 e. The summed E-state index contributed by atoms with van der Waals surface area (Å²) >= 11 is 0.